The maximum atomic E-state index is 12.7. The van der Waals surface area contributed by atoms with E-state index in [1.807, 2.05) is 0 Å². The van der Waals surface area contributed by atoms with Crippen molar-refractivity contribution < 1.29 is 21.6 Å². The normalized spacial score (nSPS) is 12.1. The van der Waals surface area contributed by atoms with Crippen LogP contribution in [0, 0.1) is 9.52 Å². The molecule has 0 spiro atoms. The summed E-state index contributed by atoms with van der Waals surface area (Å²) in [7, 11) is -4.30. The maximum absolute atomic E-state index is 12.7. The van der Waals surface area contributed by atoms with Crippen molar-refractivity contribution in [2.75, 3.05) is 0 Å². The predicted octanol–water partition coefficient (Wildman–Crippen LogP) is 1.41. The van der Waals surface area contributed by atoms with E-state index in [9.17, 15) is 21.6 Å². The monoisotopic (exact) mass is 352 g/mol. The lowest BCUT2D eigenvalue weighted by molar-refractivity contribution is 0.149. The second-order valence-electron chi connectivity index (χ2n) is 2.50. The Balaban J connectivity index is 3.56. The van der Waals surface area contributed by atoms with Crippen LogP contribution in [-0.2, 0) is 10.0 Å². The van der Waals surface area contributed by atoms with Gasteiger partial charge in [0.1, 0.15) is 0 Å². The predicted molar refractivity (Wildman–Crippen MR) is 53.2 cm³/mol. The number of rotatable bonds is 2. The molecule has 1 aromatic heterocycles. The molecule has 1 aromatic rings. The Kier molecular flexibility index (Phi) is 3.55. The number of alkyl halides is 2. The van der Waals surface area contributed by atoms with Crippen molar-refractivity contribution in [1.29, 1.82) is 0 Å². The SMILES string of the molecule is NS(=O)(=O)c1nc(F)cc(C(F)F)c1I. The third-order valence-corrected chi connectivity index (χ3v) is 3.76. The van der Waals surface area contributed by atoms with Crippen LogP contribution in [0.2, 0.25) is 0 Å². The molecule has 0 atom stereocenters. The van der Waals surface area contributed by atoms with Gasteiger partial charge >= 0.3 is 0 Å². The zero-order chi connectivity index (χ0) is 11.8. The highest BCUT2D eigenvalue weighted by Gasteiger charge is 2.23. The number of primary sulfonamides is 1. The molecule has 0 aromatic carbocycles. The highest BCUT2D eigenvalue weighted by Crippen LogP contribution is 2.28. The van der Waals surface area contributed by atoms with Crippen molar-refractivity contribution in [1.82, 2.24) is 4.98 Å². The van der Waals surface area contributed by atoms with Crippen molar-refractivity contribution in [3.63, 3.8) is 0 Å². The first-order chi connectivity index (χ1) is 6.73. The summed E-state index contributed by atoms with van der Waals surface area (Å²) in [6.07, 6.45) is -2.99. The van der Waals surface area contributed by atoms with Gasteiger partial charge in [-0.25, -0.2) is 27.3 Å². The van der Waals surface area contributed by atoms with Gasteiger partial charge in [0.25, 0.3) is 16.4 Å². The Hall–Kier alpha value is -0.420. The molecule has 9 heteroatoms. The first-order valence-electron chi connectivity index (χ1n) is 3.40. The van der Waals surface area contributed by atoms with E-state index in [1.165, 1.54) is 22.6 Å². The number of halogens is 4. The smallest absolute Gasteiger partial charge is 0.223 e. The van der Waals surface area contributed by atoms with Crippen molar-refractivity contribution in [3.8, 4) is 0 Å². The molecule has 0 bridgehead atoms. The third-order valence-electron chi connectivity index (χ3n) is 1.43. The molecule has 1 rings (SSSR count). The second kappa shape index (κ2) is 4.22. The van der Waals surface area contributed by atoms with E-state index in [-0.39, 0.29) is 3.57 Å². The van der Waals surface area contributed by atoms with E-state index in [1.54, 1.807) is 0 Å². The molecule has 0 radical (unpaired) electrons. The number of sulfonamides is 1. The van der Waals surface area contributed by atoms with Crippen LogP contribution < -0.4 is 5.14 Å². The lowest BCUT2D eigenvalue weighted by atomic mass is 10.3. The van der Waals surface area contributed by atoms with E-state index < -0.39 is 33.0 Å². The van der Waals surface area contributed by atoms with Gasteiger partial charge in [-0.2, -0.15) is 4.39 Å². The maximum Gasteiger partial charge on any atom is 0.265 e. The van der Waals surface area contributed by atoms with Gasteiger partial charge in [-0.1, -0.05) is 0 Å². The summed E-state index contributed by atoms with van der Waals surface area (Å²) < 4.78 is 58.8. The molecule has 0 aliphatic carbocycles. The highest BCUT2D eigenvalue weighted by atomic mass is 127. The molecule has 4 nitrogen and oxygen atoms in total. The topological polar surface area (TPSA) is 73.1 Å². The van der Waals surface area contributed by atoms with E-state index in [0.29, 0.717) is 6.07 Å². The fourth-order valence-corrected chi connectivity index (χ4v) is 2.86. The van der Waals surface area contributed by atoms with Crippen LogP contribution >= 0.6 is 22.6 Å². The molecule has 0 aliphatic rings. The minimum atomic E-state index is -4.30. The minimum absolute atomic E-state index is 0.369. The summed E-state index contributed by atoms with van der Waals surface area (Å²) in [5.74, 6) is -1.31. The van der Waals surface area contributed by atoms with Gasteiger partial charge in [0, 0.05) is 11.6 Å². The zero-order valence-corrected chi connectivity index (χ0v) is 9.89. The molecule has 0 unspecified atom stereocenters. The van der Waals surface area contributed by atoms with Crippen LogP contribution in [0.4, 0.5) is 13.2 Å². The standard InChI is InChI=1S/C6H4F3IN2O2S/c7-3-1-2(5(8)9)4(10)6(12-3)15(11,13)14/h1,5H,(H2,11,13,14). The average Bonchev–Trinajstić information content (AvgIpc) is 2.06. The molecule has 84 valence electrons. The van der Waals surface area contributed by atoms with Crippen LogP contribution in [0.25, 0.3) is 0 Å². The molecular weight excluding hydrogens is 348 g/mol. The fraction of sp³-hybridized carbons (Fsp3) is 0.167. The highest BCUT2D eigenvalue weighted by molar-refractivity contribution is 14.1. The number of hydrogen-bond donors (Lipinski definition) is 1. The van der Waals surface area contributed by atoms with E-state index in [4.69, 9.17) is 0 Å². The number of pyridine rings is 1. The van der Waals surface area contributed by atoms with E-state index >= 15 is 0 Å². The lowest BCUT2D eigenvalue weighted by Crippen LogP contribution is -2.17. The molecule has 2 N–H and O–H groups in total. The van der Waals surface area contributed by atoms with E-state index in [2.05, 4.69) is 10.1 Å². The largest absolute Gasteiger partial charge is 0.265 e. The number of nitrogens with zero attached hydrogens (tertiary/aromatic N) is 1. The van der Waals surface area contributed by atoms with E-state index in [0.717, 1.165) is 0 Å². The molecule has 0 saturated heterocycles. The molecule has 0 amide bonds. The van der Waals surface area contributed by atoms with Gasteiger partial charge in [0.05, 0.1) is 3.57 Å². The molecule has 0 fully saturated rings. The Morgan fingerprint density at radius 2 is 2.00 bits per heavy atom. The van der Waals surface area contributed by atoms with Crippen molar-refractivity contribution >= 4 is 32.6 Å². The van der Waals surface area contributed by atoms with Crippen LogP contribution in [-0.4, -0.2) is 13.4 Å². The second-order valence-corrected chi connectivity index (χ2v) is 5.05. The van der Waals surface area contributed by atoms with Crippen LogP contribution in [0.3, 0.4) is 0 Å². The minimum Gasteiger partial charge on any atom is -0.223 e. The van der Waals surface area contributed by atoms with Crippen molar-refractivity contribution in [2.45, 2.75) is 11.5 Å². The Bertz CT molecular complexity index is 491. The van der Waals surface area contributed by atoms with Crippen LogP contribution in [0.5, 0.6) is 0 Å². The molecular formula is C6H4F3IN2O2S. The number of aromatic nitrogens is 1. The quantitative estimate of drug-likeness (QED) is 0.646. The number of hydrogen-bond acceptors (Lipinski definition) is 3. The van der Waals surface area contributed by atoms with Crippen molar-refractivity contribution in [3.05, 3.63) is 21.1 Å². The first-order valence-corrected chi connectivity index (χ1v) is 6.03. The van der Waals surface area contributed by atoms with Gasteiger partial charge in [0.2, 0.25) is 5.95 Å². The Morgan fingerprint density at radius 3 is 2.40 bits per heavy atom. The van der Waals surface area contributed by atoms with Crippen LogP contribution in [0.1, 0.15) is 12.0 Å². The van der Waals surface area contributed by atoms with Gasteiger partial charge in [0.15, 0.2) is 5.03 Å². The van der Waals surface area contributed by atoms with Gasteiger partial charge in [-0.3, -0.25) is 0 Å². The lowest BCUT2D eigenvalue weighted by Gasteiger charge is -2.06. The molecule has 15 heavy (non-hydrogen) atoms. The average molecular weight is 352 g/mol. The Morgan fingerprint density at radius 1 is 1.47 bits per heavy atom. The summed E-state index contributed by atoms with van der Waals surface area (Å²) in [6.45, 7) is 0. The molecule has 1 heterocycles. The zero-order valence-electron chi connectivity index (χ0n) is 6.92. The third kappa shape index (κ3) is 2.78. The molecule has 0 aliphatic heterocycles. The summed E-state index contributed by atoms with van der Waals surface area (Å²) in [5, 5.41) is 3.81. The Labute approximate surface area is 96.9 Å². The van der Waals surface area contributed by atoms with Gasteiger partial charge < -0.3 is 0 Å². The number of nitrogens with two attached hydrogens (primary N) is 1. The fourth-order valence-electron chi connectivity index (χ4n) is 0.841. The first kappa shape index (κ1) is 12.6. The van der Waals surface area contributed by atoms with Crippen molar-refractivity contribution in [2.24, 2.45) is 5.14 Å². The molecule has 0 saturated carbocycles. The summed E-state index contributed by atoms with van der Waals surface area (Å²) in [6, 6.07) is 0.473. The van der Waals surface area contributed by atoms with Gasteiger partial charge in [-0.15, -0.1) is 0 Å². The van der Waals surface area contributed by atoms with Gasteiger partial charge in [-0.05, 0) is 22.6 Å². The summed E-state index contributed by atoms with van der Waals surface area (Å²) >= 11 is 1.33. The van der Waals surface area contributed by atoms with Crippen LogP contribution in [0.15, 0.2) is 11.1 Å². The summed E-state index contributed by atoms with van der Waals surface area (Å²) in [5.41, 5.74) is -0.743. The summed E-state index contributed by atoms with van der Waals surface area (Å²) in [4.78, 5) is 2.97.